The first-order valence-electron chi connectivity index (χ1n) is 4.32. The molecule has 0 spiro atoms. The Balaban J connectivity index is 2.93. The number of anilines is 1. The van der Waals surface area contributed by atoms with Crippen LogP contribution in [0.2, 0.25) is 10.0 Å². The van der Waals surface area contributed by atoms with Crippen molar-refractivity contribution in [3.05, 3.63) is 33.9 Å². The van der Waals surface area contributed by atoms with Gasteiger partial charge in [0.15, 0.2) is 0 Å². The van der Waals surface area contributed by atoms with E-state index in [1.165, 1.54) is 6.20 Å². The predicted octanol–water partition coefficient (Wildman–Crippen LogP) is 2.70. The Bertz CT molecular complexity index is 604. The highest BCUT2D eigenvalue weighted by Crippen LogP contribution is 2.33. The fraction of sp³-hybridized carbons (Fsp3) is 0. The van der Waals surface area contributed by atoms with Gasteiger partial charge in [0.1, 0.15) is 6.07 Å². The van der Waals surface area contributed by atoms with E-state index in [4.69, 9.17) is 34.3 Å². The van der Waals surface area contributed by atoms with Gasteiger partial charge in [0.2, 0.25) is 0 Å². The molecule has 0 aliphatic carbocycles. The molecule has 0 atom stereocenters. The summed E-state index contributed by atoms with van der Waals surface area (Å²) in [5, 5.41) is 10.4. The molecule has 2 aromatic rings. The van der Waals surface area contributed by atoms with E-state index in [1.807, 2.05) is 6.07 Å². The molecular formula is C10H6Cl2N4. The van der Waals surface area contributed by atoms with E-state index in [0.717, 1.165) is 0 Å². The molecule has 1 aromatic carbocycles. The van der Waals surface area contributed by atoms with Crippen LogP contribution >= 0.6 is 23.2 Å². The van der Waals surface area contributed by atoms with Gasteiger partial charge in [0.25, 0.3) is 0 Å². The second-order valence-corrected chi connectivity index (χ2v) is 3.93. The van der Waals surface area contributed by atoms with Crippen LogP contribution < -0.4 is 11.3 Å². The molecule has 0 amide bonds. The number of nitriles is 1. The summed E-state index contributed by atoms with van der Waals surface area (Å²) in [6, 6.07) is 5.22. The molecule has 2 rings (SSSR count). The number of fused-ring (bicyclic) bond motifs is 1. The number of nitrogens with two attached hydrogens (primary N) is 1. The lowest BCUT2D eigenvalue weighted by Crippen LogP contribution is -2.09. The third kappa shape index (κ3) is 1.65. The largest absolute Gasteiger partial charge is 0.322 e. The number of pyridine rings is 1. The van der Waals surface area contributed by atoms with Gasteiger partial charge in [-0.25, -0.2) is 0 Å². The van der Waals surface area contributed by atoms with Crippen LogP contribution in [0.1, 0.15) is 5.56 Å². The maximum absolute atomic E-state index is 8.90. The maximum atomic E-state index is 8.90. The number of hydrogen-bond donors (Lipinski definition) is 2. The van der Waals surface area contributed by atoms with E-state index in [1.54, 1.807) is 12.1 Å². The van der Waals surface area contributed by atoms with E-state index >= 15 is 0 Å². The smallest absolute Gasteiger partial charge is 0.103 e. The van der Waals surface area contributed by atoms with Gasteiger partial charge in [-0.1, -0.05) is 23.2 Å². The molecule has 0 saturated carbocycles. The van der Waals surface area contributed by atoms with Crippen molar-refractivity contribution in [2.45, 2.75) is 0 Å². The van der Waals surface area contributed by atoms with Crippen LogP contribution in [0.4, 0.5) is 5.69 Å². The summed E-state index contributed by atoms with van der Waals surface area (Å²) in [5.41, 5.74) is 3.83. The molecule has 3 N–H and O–H groups in total. The van der Waals surface area contributed by atoms with E-state index < -0.39 is 0 Å². The van der Waals surface area contributed by atoms with Gasteiger partial charge in [-0.3, -0.25) is 10.8 Å². The van der Waals surface area contributed by atoms with Crippen LogP contribution in [-0.2, 0) is 0 Å². The zero-order valence-corrected chi connectivity index (χ0v) is 9.47. The highest BCUT2D eigenvalue weighted by atomic mass is 35.5. The van der Waals surface area contributed by atoms with Gasteiger partial charge in [-0.2, -0.15) is 5.26 Å². The molecule has 0 fully saturated rings. The molecule has 4 nitrogen and oxygen atoms in total. The van der Waals surface area contributed by atoms with Crippen molar-refractivity contribution in [1.29, 1.82) is 5.26 Å². The first-order valence-corrected chi connectivity index (χ1v) is 5.07. The van der Waals surface area contributed by atoms with E-state index in [0.29, 0.717) is 32.2 Å². The minimum atomic E-state index is 0.333. The van der Waals surface area contributed by atoms with Crippen molar-refractivity contribution in [2.24, 2.45) is 5.84 Å². The van der Waals surface area contributed by atoms with Crippen molar-refractivity contribution < 1.29 is 0 Å². The summed E-state index contributed by atoms with van der Waals surface area (Å²) in [4.78, 5) is 4.10. The second-order valence-electron chi connectivity index (χ2n) is 3.08. The van der Waals surface area contributed by atoms with Crippen LogP contribution in [0.15, 0.2) is 18.3 Å². The molecule has 80 valence electrons. The van der Waals surface area contributed by atoms with Gasteiger partial charge in [-0.05, 0) is 12.1 Å². The number of nitrogens with zero attached hydrogens (tertiary/aromatic N) is 2. The lowest BCUT2D eigenvalue weighted by molar-refractivity contribution is 1.31. The van der Waals surface area contributed by atoms with Crippen molar-refractivity contribution in [2.75, 3.05) is 5.43 Å². The lowest BCUT2D eigenvalue weighted by Gasteiger charge is -2.08. The molecule has 6 heteroatoms. The number of hydrogen-bond acceptors (Lipinski definition) is 4. The minimum absolute atomic E-state index is 0.333. The average molecular weight is 253 g/mol. The zero-order chi connectivity index (χ0) is 11.7. The Hall–Kier alpha value is -1.54. The Kier molecular flexibility index (Phi) is 2.84. The number of nitrogen functional groups attached to an aromatic ring is 1. The fourth-order valence-electron chi connectivity index (χ4n) is 1.48. The summed E-state index contributed by atoms with van der Waals surface area (Å²) in [7, 11) is 0. The van der Waals surface area contributed by atoms with Crippen molar-refractivity contribution in [3.63, 3.8) is 0 Å². The Morgan fingerprint density at radius 2 is 2.12 bits per heavy atom. The van der Waals surface area contributed by atoms with Gasteiger partial charge in [0, 0.05) is 16.6 Å². The lowest BCUT2D eigenvalue weighted by atomic mass is 10.1. The molecule has 16 heavy (non-hydrogen) atoms. The number of benzene rings is 1. The molecule has 0 aliphatic heterocycles. The van der Waals surface area contributed by atoms with Crippen LogP contribution in [0.5, 0.6) is 0 Å². The summed E-state index contributed by atoms with van der Waals surface area (Å²) in [6.07, 6.45) is 1.42. The number of aromatic nitrogens is 1. The van der Waals surface area contributed by atoms with Crippen LogP contribution in [0.25, 0.3) is 10.9 Å². The molecule has 1 aromatic heterocycles. The molecule has 0 saturated heterocycles. The second kappa shape index (κ2) is 4.14. The first-order chi connectivity index (χ1) is 7.67. The van der Waals surface area contributed by atoms with Gasteiger partial charge in [0.05, 0.1) is 21.8 Å². The molecule has 0 aliphatic rings. The Labute approximate surface area is 102 Å². The highest BCUT2D eigenvalue weighted by molar-refractivity contribution is 6.39. The molecule has 1 heterocycles. The van der Waals surface area contributed by atoms with Gasteiger partial charge in [-0.15, -0.1) is 0 Å². The van der Waals surface area contributed by atoms with Crippen LogP contribution in [0, 0.1) is 11.3 Å². The molecule has 0 radical (unpaired) electrons. The van der Waals surface area contributed by atoms with Crippen LogP contribution in [0.3, 0.4) is 0 Å². The molecule has 0 bridgehead atoms. The maximum Gasteiger partial charge on any atom is 0.103 e. The Morgan fingerprint density at radius 1 is 1.38 bits per heavy atom. The summed E-state index contributed by atoms with van der Waals surface area (Å²) in [6.45, 7) is 0. The number of nitrogens with one attached hydrogen (secondary N) is 1. The number of rotatable bonds is 1. The van der Waals surface area contributed by atoms with E-state index in [-0.39, 0.29) is 0 Å². The molecular weight excluding hydrogens is 247 g/mol. The van der Waals surface area contributed by atoms with Crippen molar-refractivity contribution in [3.8, 4) is 6.07 Å². The normalized spacial score (nSPS) is 10.1. The quantitative estimate of drug-likeness (QED) is 0.605. The third-order valence-electron chi connectivity index (χ3n) is 2.15. The topological polar surface area (TPSA) is 74.7 Å². The van der Waals surface area contributed by atoms with Crippen molar-refractivity contribution >= 4 is 39.8 Å². The summed E-state index contributed by atoms with van der Waals surface area (Å²) >= 11 is 11.9. The van der Waals surface area contributed by atoms with E-state index in [2.05, 4.69) is 10.4 Å². The third-order valence-corrected chi connectivity index (χ3v) is 2.67. The highest BCUT2D eigenvalue weighted by Gasteiger charge is 2.11. The first kappa shape index (κ1) is 11.0. The van der Waals surface area contributed by atoms with Gasteiger partial charge >= 0.3 is 0 Å². The standard InChI is InChI=1S/C10H6Cl2N4/c11-6-1-7(12)9-8(2-6)15-4-5(3-13)10(9)16-14/h1-2,4H,14H2,(H,15,16). The number of hydrazine groups is 1. The van der Waals surface area contributed by atoms with Gasteiger partial charge < -0.3 is 5.43 Å². The predicted molar refractivity (Wildman–Crippen MR) is 64.3 cm³/mol. The minimum Gasteiger partial charge on any atom is -0.322 e. The SMILES string of the molecule is N#Cc1cnc2cc(Cl)cc(Cl)c2c1NN. The average Bonchev–Trinajstić information content (AvgIpc) is 2.27. The summed E-state index contributed by atoms with van der Waals surface area (Å²) in [5.74, 6) is 5.38. The summed E-state index contributed by atoms with van der Waals surface area (Å²) < 4.78 is 0. The van der Waals surface area contributed by atoms with Crippen molar-refractivity contribution in [1.82, 2.24) is 4.98 Å². The fourth-order valence-corrected chi connectivity index (χ4v) is 2.05. The van der Waals surface area contributed by atoms with Crippen LogP contribution in [-0.4, -0.2) is 4.98 Å². The Morgan fingerprint density at radius 3 is 2.75 bits per heavy atom. The van der Waals surface area contributed by atoms with E-state index in [9.17, 15) is 0 Å². The monoisotopic (exact) mass is 252 g/mol. The number of halogens is 2. The molecule has 0 unspecified atom stereocenters. The zero-order valence-electron chi connectivity index (χ0n) is 7.96.